The molecule has 116 valence electrons. The summed E-state index contributed by atoms with van der Waals surface area (Å²) >= 11 is 11.9. The molecule has 0 aromatic heterocycles. The Morgan fingerprint density at radius 2 is 2.29 bits per heavy atom. The highest BCUT2D eigenvalue weighted by molar-refractivity contribution is 6.35. The molecule has 0 radical (unpaired) electrons. The third-order valence-corrected chi connectivity index (χ3v) is 3.96. The largest absolute Gasteiger partial charge is 0.379 e. The fraction of sp³-hybridized carbons (Fsp3) is 0.500. The zero-order valence-corrected chi connectivity index (χ0v) is 13.2. The highest BCUT2D eigenvalue weighted by Crippen LogP contribution is 2.20. The summed E-state index contributed by atoms with van der Waals surface area (Å²) in [5, 5.41) is 6.77. The number of methoxy groups -OCH3 is 1. The van der Waals surface area contributed by atoms with Gasteiger partial charge in [-0.1, -0.05) is 29.3 Å². The van der Waals surface area contributed by atoms with Gasteiger partial charge in [0.05, 0.1) is 12.6 Å². The molecule has 0 bridgehead atoms. The number of amides is 2. The van der Waals surface area contributed by atoms with Crippen LogP contribution in [-0.4, -0.2) is 38.5 Å². The molecule has 21 heavy (non-hydrogen) atoms. The van der Waals surface area contributed by atoms with Crippen molar-refractivity contribution in [3.05, 3.63) is 33.8 Å². The van der Waals surface area contributed by atoms with E-state index < -0.39 is 0 Å². The average Bonchev–Trinajstić information content (AvgIpc) is 2.47. The standard InChI is InChI=1S/C14H18Cl2N2O3/c1-20-13-8-21-5-4-12(13)18-14(19)17-7-9-2-3-10(15)6-11(9)16/h2-3,6,12-13H,4-5,7-8H2,1H3,(H2,17,18,19)/t12-,13-/m1/s1. The summed E-state index contributed by atoms with van der Waals surface area (Å²) < 4.78 is 10.6. The fourth-order valence-electron chi connectivity index (χ4n) is 2.17. The van der Waals surface area contributed by atoms with Crippen molar-refractivity contribution in [2.75, 3.05) is 20.3 Å². The molecule has 5 nitrogen and oxygen atoms in total. The van der Waals surface area contributed by atoms with Gasteiger partial charge in [0.25, 0.3) is 0 Å². The molecule has 1 aromatic rings. The Hall–Kier alpha value is -1.01. The lowest BCUT2D eigenvalue weighted by molar-refractivity contribution is -0.0470. The van der Waals surface area contributed by atoms with Crippen LogP contribution >= 0.6 is 23.2 Å². The van der Waals surface area contributed by atoms with Crippen LogP contribution in [0.25, 0.3) is 0 Å². The number of benzene rings is 1. The van der Waals surface area contributed by atoms with E-state index in [4.69, 9.17) is 32.7 Å². The van der Waals surface area contributed by atoms with Crippen LogP contribution in [0.1, 0.15) is 12.0 Å². The van der Waals surface area contributed by atoms with Crippen molar-refractivity contribution in [2.45, 2.75) is 25.1 Å². The van der Waals surface area contributed by atoms with Gasteiger partial charge in [0.15, 0.2) is 0 Å². The van der Waals surface area contributed by atoms with Gasteiger partial charge in [0.1, 0.15) is 6.10 Å². The van der Waals surface area contributed by atoms with Crippen LogP contribution in [0.3, 0.4) is 0 Å². The zero-order chi connectivity index (χ0) is 15.2. The predicted molar refractivity (Wildman–Crippen MR) is 81.9 cm³/mol. The van der Waals surface area contributed by atoms with E-state index >= 15 is 0 Å². The number of carbonyl (C=O) groups is 1. The smallest absolute Gasteiger partial charge is 0.315 e. The zero-order valence-electron chi connectivity index (χ0n) is 11.7. The summed E-state index contributed by atoms with van der Waals surface area (Å²) in [6.45, 7) is 1.45. The predicted octanol–water partition coefficient (Wildman–Crippen LogP) is 2.60. The second kappa shape index (κ2) is 7.84. The lowest BCUT2D eigenvalue weighted by Gasteiger charge is -2.31. The topological polar surface area (TPSA) is 59.6 Å². The maximum atomic E-state index is 11.9. The van der Waals surface area contributed by atoms with Gasteiger partial charge < -0.3 is 20.1 Å². The van der Waals surface area contributed by atoms with E-state index in [1.807, 2.05) is 0 Å². The first kappa shape index (κ1) is 16.4. The highest BCUT2D eigenvalue weighted by atomic mass is 35.5. The van der Waals surface area contributed by atoms with Gasteiger partial charge in [-0.2, -0.15) is 0 Å². The molecule has 2 N–H and O–H groups in total. The van der Waals surface area contributed by atoms with Crippen molar-refractivity contribution in [2.24, 2.45) is 0 Å². The first-order valence-corrected chi connectivity index (χ1v) is 7.44. The summed E-state index contributed by atoms with van der Waals surface area (Å²) in [5.74, 6) is 0. The molecule has 0 spiro atoms. The van der Waals surface area contributed by atoms with Crippen molar-refractivity contribution < 1.29 is 14.3 Å². The van der Waals surface area contributed by atoms with Crippen LogP contribution < -0.4 is 10.6 Å². The Morgan fingerprint density at radius 1 is 1.48 bits per heavy atom. The number of nitrogens with one attached hydrogen (secondary N) is 2. The van der Waals surface area contributed by atoms with Crippen LogP contribution in [-0.2, 0) is 16.0 Å². The van der Waals surface area contributed by atoms with E-state index in [1.54, 1.807) is 25.3 Å². The van der Waals surface area contributed by atoms with E-state index in [-0.39, 0.29) is 18.2 Å². The van der Waals surface area contributed by atoms with Crippen molar-refractivity contribution in [1.82, 2.24) is 10.6 Å². The minimum atomic E-state index is -0.255. The number of carbonyl (C=O) groups excluding carboxylic acids is 1. The van der Waals surface area contributed by atoms with Crippen molar-refractivity contribution >= 4 is 29.2 Å². The lowest BCUT2D eigenvalue weighted by Crippen LogP contribution is -2.52. The van der Waals surface area contributed by atoms with Gasteiger partial charge in [0.2, 0.25) is 0 Å². The summed E-state index contributed by atoms with van der Waals surface area (Å²) in [4.78, 5) is 11.9. The molecule has 1 fully saturated rings. The summed E-state index contributed by atoms with van der Waals surface area (Å²) in [6, 6.07) is 4.87. The molecular weight excluding hydrogens is 315 g/mol. The lowest BCUT2D eigenvalue weighted by atomic mass is 10.1. The van der Waals surface area contributed by atoms with E-state index in [0.29, 0.717) is 29.8 Å². The Kier molecular flexibility index (Phi) is 6.11. The number of hydrogen-bond donors (Lipinski definition) is 2. The number of rotatable bonds is 4. The second-order valence-electron chi connectivity index (χ2n) is 4.81. The molecule has 0 unspecified atom stereocenters. The number of halogens is 2. The maximum absolute atomic E-state index is 11.9. The molecule has 7 heteroatoms. The van der Waals surface area contributed by atoms with Crippen molar-refractivity contribution in [1.29, 1.82) is 0 Å². The molecule has 1 aliphatic rings. The van der Waals surface area contributed by atoms with Crippen LogP contribution in [0.5, 0.6) is 0 Å². The molecule has 1 saturated heterocycles. The molecule has 0 saturated carbocycles. The maximum Gasteiger partial charge on any atom is 0.315 e. The first-order valence-electron chi connectivity index (χ1n) is 6.69. The molecule has 2 rings (SSSR count). The van der Waals surface area contributed by atoms with E-state index in [2.05, 4.69) is 10.6 Å². The minimum Gasteiger partial charge on any atom is -0.379 e. The summed E-state index contributed by atoms with van der Waals surface area (Å²) in [5.41, 5.74) is 0.812. The highest BCUT2D eigenvalue weighted by Gasteiger charge is 2.26. The van der Waals surface area contributed by atoms with Crippen LogP contribution in [0.2, 0.25) is 10.0 Å². The summed E-state index contributed by atoms with van der Waals surface area (Å²) in [6.07, 6.45) is 0.608. The number of hydrogen-bond acceptors (Lipinski definition) is 3. The molecule has 1 heterocycles. The van der Waals surface area contributed by atoms with Crippen molar-refractivity contribution in [3.8, 4) is 0 Å². The average molecular weight is 333 g/mol. The molecule has 2 amide bonds. The van der Waals surface area contributed by atoms with Crippen LogP contribution in [0.4, 0.5) is 4.79 Å². The van der Waals surface area contributed by atoms with Gasteiger partial charge >= 0.3 is 6.03 Å². The van der Waals surface area contributed by atoms with Gasteiger partial charge in [-0.15, -0.1) is 0 Å². The first-order chi connectivity index (χ1) is 10.1. The Bertz CT molecular complexity index is 499. The molecule has 0 aliphatic carbocycles. The van der Waals surface area contributed by atoms with Gasteiger partial charge in [0, 0.05) is 30.3 Å². The molecular formula is C14H18Cl2N2O3. The molecule has 1 aromatic carbocycles. The number of ether oxygens (including phenoxy) is 2. The molecule has 1 aliphatic heterocycles. The Morgan fingerprint density at radius 3 is 3.00 bits per heavy atom. The van der Waals surface area contributed by atoms with Crippen molar-refractivity contribution in [3.63, 3.8) is 0 Å². The Labute approximate surface area is 133 Å². The summed E-state index contributed by atoms with van der Waals surface area (Å²) in [7, 11) is 1.61. The fourth-order valence-corrected chi connectivity index (χ4v) is 2.64. The van der Waals surface area contributed by atoms with Gasteiger partial charge in [-0.3, -0.25) is 0 Å². The van der Waals surface area contributed by atoms with Crippen LogP contribution in [0, 0.1) is 0 Å². The second-order valence-corrected chi connectivity index (χ2v) is 5.65. The third-order valence-electron chi connectivity index (χ3n) is 3.38. The monoisotopic (exact) mass is 332 g/mol. The van der Waals surface area contributed by atoms with E-state index in [9.17, 15) is 4.79 Å². The Balaban J connectivity index is 1.84. The SMILES string of the molecule is CO[C@@H]1COCC[C@H]1NC(=O)NCc1ccc(Cl)cc1Cl. The third kappa shape index (κ3) is 4.74. The minimum absolute atomic E-state index is 0.0514. The van der Waals surface area contributed by atoms with E-state index in [0.717, 1.165) is 12.0 Å². The number of urea groups is 1. The normalized spacial score (nSPS) is 21.9. The molecule has 2 atom stereocenters. The van der Waals surface area contributed by atoms with E-state index in [1.165, 1.54) is 0 Å². The van der Waals surface area contributed by atoms with Crippen LogP contribution in [0.15, 0.2) is 18.2 Å². The quantitative estimate of drug-likeness (QED) is 0.890. The van der Waals surface area contributed by atoms with Gasteiger partial charge in [-0.05, 0) is 24.1 Å². The van der Waals surface area contributed by atoms with Gasteiger partial charge in [-0.25, -0.2) is 4.79 Å².